The average molecular weight is 183 g/mol. The van der Waals surface area contributed by atoms with Crippen LogP contribution in [0.5, 0.6) is 0 Å². The number of allylic oxidation sites excluding steroid dienone is 1. The highest BCUT2D eigenvalue weighted by Gasteiger charge is 2.27. The van der Waals surface area contributed by atoms with Gasteiger partial charge in [0.15, 0.2) is 0 Å². The van der Waals surface area contributed by atoms with Gasteiger partial charge in [0.1, 0.15) is 0 Å². The van der Waals surface area contributed by atoms with Crippen molar-refractivity contribution in [3.63, 3.8) is 0 Å². The van der Waals surface area contributed by atoms with Crippen molar-refractivity contribution in [1.82, 2.24) is 0 Å². The zero-order valence-electron chi connectivity index (χ0n) is 8.54. The average Bonchev–Trinajstić information content (AvgIpc) is 2.01. The summed E-state index contributed by atoms with van der Waals surface area (Å²) in [6.07, 6.45) is 5.20. The monoisotopic (exact) mass is 183 g/mol. The van der Waals surface area contributed by atoms with Crippen molar-refractivity contribution in [3.05, 3.63) is 21.8 Å². The van der Waals surface area contributed by atoms with Gasteiger partial charge < -0.3 is 0 Å². The lowest BCUT2D eigenvalue weighted by molar-refractivity contribution is -0.508. The highest BCUT2D eigenvalue weighted by molar-refractivity contribution is 5.14. The second-order valence-corrected chi connectivity index (χ2v) is 4.52. The Balaban J connectivity index is 2.80. The third-order valence-corrected chi connectivity index (χ3v) is 2.72. The van der Waals surface area contributed by atoms with Gasteiger partial charge in [-0.25, -0.2) is 0 Å². The van der Waals surface area contributed by atoms with Gasteiger partial charge in [-0.15, -0.1) is 0 Å². The van der Waals surface area contributed by atoms with E-state index in [2.05, 4.69) is 19.9 Å². The van der Waals surface area contributed by atoms with Crippen LogP contribution in [0.25, 0.3) is 0 Å². The van der Waals surface area contributed by atoms with Crippen molar-refractivity contribution in [2.75, 3.05) is 0 Å². The minimum atomic E-state index is -0.500. The second-order valence-electron chi connectivity index (χ2n) is 4.52. The molecule has 1 aliphatic rings. The Labute approximate surface area is 79.0 Å². The lowest BCUT2D eigenvalue weighted by atomic mass is 9.78. The summed E-state index contributed by atoms with van der Waals surface area (Å²) in [6.45, 7) is 5.95. The van der Waals surface area contributed by atoms with E-state index in [1.807, 2.05) is 0 Å². The molecule has 0 aromatic heterocycles. The van der Waals surface area contributed by atoms with Gasteiger partial charge in [-0.1, -0.05) is 19.9 Å². The number of nitro groups is 1. The minimum Gasteiger partial charge on any atom is -0.264 e. The van der Waals surface area contributed by atoms with E-state index in [0.29, 0.717) is 0 Å². The summed E-state index contributed by atoms with van der Waals surface area (Å²) < 4.78 is 0. The van der Waals surface area contributed by atoms with Gasteiger partial charge in [0, 0.05) is 11.8 Å². The first-order valence-corrected chi connectivity index (χ1v) is 4.77. The molecule has 0 saturated heterocycles. The van der Waals surface area contributed by atoms with Crippen LogP contribution < -0.4 is 0 Å². The van der Waals surface area contributed by atoms with Gasteiger partial charge in [-0.3, -0.25) is 10.1 Å². The van der Waals surface area contributed by atoms with Gasteiger partial charge in [0.05, 0.1) is 0 Å². The fourth-order valence-corrected chi connectivity index (χ4v) is 1.86. The predicted octanol–water partition coefficient (Wildman–Crippen LogP) is 2.79. The molecule has 0 heterocycles. The normalized spacial score (nSPS) is 23.5. The quantitative estimate of drug-likeness (QED) is 0.375. The fraction of sp³-hybridized carbons (Fsp3) is 0.800. The van der Waals surface area contributed by atoms with Crippen molar-refractivity contribution in [1.29, 1.82) is 0 Å². The predicted molar refractivity (Wildman–Crippen MR) is 52.2 cm³/mol. The number of rotatable bonds is 2. The maximum Gasteiger partial charge on any atom is 0.231 e. The molecule has 0 aromatic rings. The number of nitrogens with zero attached hydrogens (tertiary/aromatic N) is 1. The molecule has 3 nitrogen and oxygen atoms in total. The Kier molecular flexibility index (Phi) is 2.74. The smallest absolute Gasteiger partial charge is 0.231 e. The largest absolute Gasteiger partial charge is 0.264 e. The van der Waals surface area contributed by atoms with Crippen LogP contribution in [-0.2, 0) is 0 Å². The van der Waals surface area contributed by atoms with E-state index in [-0.39, 0.29) is 10.3 Å². The first kappa shape index (κ1) is 10.2. The van der Waals surface area contributed by atoms with Crippen molar-refractivity contribution in [3.8, 4) is 0 Å². The number of hydrogen-bond acceptors (Lipinski definition) is 2. The van der Waals surface area contributed by atoms with E-state index in [1.165, 1.54) is 0 Å². The molecule has 0 radical (unpaired) electrons. The van der Waals surface area contributed by atoms with E-state index in [4.69, 9.17) is 0 Å². The van der Waals surface area contributed by atoms with Crippen molar-refractivity contribution < 1.29 is 4.92 Å². The Morgan fingerprint density at radius 3 is 2.69 bits per heavy atom. The molecule has 1 atom stereocenters. The molecule has 1 rings (SSSR count). The number of hydrogen-bond donors (Lipinski definition) is 0. The van der Waals surface area contributed by atoms with Crippen LogP contribution >= 0.6 is 0 Å². The third kappa shape index (κ3) is 2.54. The summed E-state index contributed by atoms with van der Waals surface area (Å²) in [5.41, 5.74) is 1.15. The second kappa shape index (κ2) is 3.48. The molecular weight excluding hydrogens is 166 g/mol. The molecule has 0 aromatic carbocycles. The van der Waals surface area contributed by atoms with Crippen LogP contribution in [0.1, 0.15) is 40.0 Å². The van der Waals surface area contributed by atoms with Crippen molar-refractivity contribution >= 4 is 0 Å². The zero-order valence-corrected chi connectivity index (χ0v) is 8.54. The zero-order chi connectivity index (χ0) is 10.1. The van der Waals surface area contributed by atoms with Crippen LogP contribution in [0.2, 0.25) is 0 Å². The summed E-state index contributed by atoms with van der Waals surface area (Å²) in [6, 6.07) is -0.500. The van der Waals surface area contributed by atoms with E-state index in [0.717, 1.165) is 24.8 Å². The molecule has 1 aliphatic carbocycles. The topological polar surface area (TPSA) is 43.1 Å². The molecule has 13 heavy (non-hydrogen) atoms. The summed E-state index contributed by atoms with van der Waals surface area (Å²) >= 11 is 0. The Morgan fingerprint density at radius 2 is 2.23 bits per heavy atom. The van der Waals surface area contributed by atoms with Crippen molar-refractivity contribution in [2.24, 2.45) is 5.41 Å². The van der Waals surface area contributed by atoms with Gasteiger partial charge in [-0.05, 0) is 30.3 Å². The molecule has 0 bridgehead atoms. The molecule has 0 aliphatic heterocycles. The third-order valence-electron chi connectivity index (χ3n) is 2.72. The standard InChI is InChI=1S/C10H17NO2/c1-8(11(12)13)9-5-4-6-10(2,3)7-9/h7-8H,4-6H2,1-3H3. The molecule has 74 valence electrons. The molecule has 0 amide bonds. The van der Waals surface area contributed by atoms with Crippen LogP contribution in [0.4, 0.5) is 0 Å². The molecular formula is C10H17NO2. The SMILES string of the molecule is CC(C1=CC(C)(C)CCC1)[N+](=O)[O-]. The minimum absolute atomic E-state index is 0.151. The van der Waals surface area contributed by atoms with E-state index in [9.17, 15) is 10.1 Å². The summed E-state index contributed by atoms with van der Waals surface area (Å²) in [7, 11) is 0. The maximum absolute atomic E-state index is 10.6. The van der Waals surface area contributed by atoms with E-state index < -0.39 is 6.04 Å². The Morgan fingerprint density at radius 1 is 1.62 bits per heavy atom. The van der Waals surface area contributed by atoms with Gasteiger partial charge in [0.25, 0.3) is 0 Å². The van der Waals surface area contributed by atoms with Gasteiger partial charge in [0.2, 0.25) is 6.04 Å². The molecule has 0 spiro atoms. The summed E-state index contributed by atoms with van der Waals surface area (Å²) in [5, 5.41) is 10.6. The Hall–Kier alpha value is -0.860. The summed E-state index contributed by atoms with van der Waals surface area (Å²) in [5.74, 6) is 0. The van der Waals surface area contributed by atoms with Gasteiger partial charge >= 0.3 is 0 Å². The fourth-order valence-electron chi connectivity index (χ4n) is 1.86. The molecule has 3 heteroatoms. The highest BCUT2D eigenvalue weighted by atomic mass is 16.6. The van der Waals surface area contributed by atoms with Crippen molar-refractivity contribution in [2.45, 2.75) is 46.1 Å². The summed E-state index contributed by atoms with van der Waals surface area (Å²) in [4.78, 5) is 10.4. The van der Waals surface area contributed by atoms with E-state index >= 15 is 0 Å². The molecule has 0 saturated carbocycles. The molecule has 0 N–H and O–H groups in total. The molecule has 1 unspecified atom stereocenters. The van der Waals surface area contributed by atoms with Crippen LogP contribution in [0.15, 0.2) is 11.6 Å². The highest BCUT2D eigenvalue weighted by Crippen LogP contribution is 2.34. The maximum atomic E-state index is 10.6. The van der Waals surface area contributed by atoms with Gasteiger partial charge in [-0.2, -0.15) is 0 Å². The first-order valence-electron chi connectivity index (χ1n) is 4.77. The first-order chi connectivity index (χ1) is 5.92. The van der Waals surface area contributed by atoms with Crippen LogP contribution in [0, 0.1) is 15.5 Å². The lowest BCUT2D eigenvalue weighted by Crippen LogP contribution is -2.23. The Bertz CT molecular complexity index is 243. The molecule has 0 fully saturated rings. The van der Waals surface area contributed by atoms with Crippen LogP contribution in [0.3, 0.4) is 0 Å². The van der Waals surface area contributed by atoms with Crippen LogP contribution in [-0.4, -0.2) is 11.0 Å². The van der Waals surface area contributed by atoms with E-state index in [1.54, 1.807) is 6.92 Å². The lowest BCUT2D eigenvalue weighted by Gasteiger charge is -2.27.